The molecule has 2 N–H and O–H groups in total. The fourth-order valence-corrected chi connectivity index (χ4v) is 2.31. The third kappa shape index (κ3) is 4.36. The van der Waals surface area contributed by atoms with Gasteiger partial charge in [0.05, 0.1) is 6.54 Å². The van der Waals surface area contributed by atoms with E-state index in [1.54, 1.807) is 23.1 Å². The molecule has 0 aliphatic rings. The van der Waals surface area contributed by atoms with Crippen LogP contribution in [0.3, 0.4) is 0 Å². The Bertz CT molecular complexity index is 827. The van der Waals surface area contributed by atoms with Gasteiger partial charge >= 0.3 is 0 Å². The Kier molecular flexibility index (Phi) is 4.81. The maximum absolute atomic E-state index is 12.9. The van der Waals surface area contributed by atoms with Crippen molar-refractivity contribution in [3.63, 3.8) is 0 Å². The van der Waals surface area contributed by atoms with E-state index in [1.807, 2.05) is 0 Å². The van der Waals surface area contributed by atoms with Crippen LogP contribution in [0.15, 0.2) is 54.9 Å². The van der Waals surface area contributed by atoms with E-state index in [9.17, 15) is 4.39 Å². The van der Waals surface area contributed by atoms with Crippen LogP contribution in [0.1, 0.15) is 11.1 Å². The summed E-state index contributed by atoms with van der Waals surface area (Å²) in [4.78, 5) is 4.18. The van der Waals surface area contributed by atoms with E-state index in [0.717, 1.165) is 5.56 Å². The van der Waals surface area contributed by atoms with Crippen molar-refractivity contribution in [2.75, 3.05) is 10.6 Å². The lowest BCUT2D eigenvalue weighted by atomic mass is 10.1. The predicted molar refractivity (Wildman–Crippen MR) is 96.5 cm³/mol. The lowest BCUT2D eigenvalue weighted by Crippen LogP contribution is -2.20. The average molecular weight is 341 g/mol. The van der Waals surface area contributed by atoms with E-state index in [1.165, 1.54) is 17.7 Å². The summed E-state index contributed by atoms with van der Waals surface area (Å²) in [5.74, 6) is 0.109. The van der Waals surface area contributed by atoms with Crippen LogP contribution in [0.2, 0.25) is 0 Å². The number of aromatic nitrogens is 3. The molecule has 3 rings (SSSR count). The first-order valence-corrected chi connectivity index (χ1v) is 7.78. The molecular weight excluding hydrogens is 325 g/mol. The van der Waals surface area contributed by atoms with Crippen molar-refractivity contribution >= 4 is 29.0 Å². The summed E-state index contributed by atoms with van der Waals surface area (Å²) in [6, 6.07) is 14.2. The molecule has 2 aromatic carbocycles. The minimum Gasteiger partial charge on any atom is -0.332 e. The third-order valence-corrected chi connectivity index (χ3v) is 3.53. The molecule has 3 aromatic rings. The normalized spacial score (nSPS) is 10.4. The molecule has 0 radical (unpaired) electrons. The van der Waals surface area contributed by atoms with Crippen molar-refractivity contribution in [3.8, 4) is 0 Å². The van der Waals surface area contributed by atoms with Gasteiger partial charge in [0.15, 0.2) is 5.11 Å². The van der Waals surface area contributed by atoms with Gasteiger partial charge < -0.3 is 5.32 Å². The van der Waals surface area contributed by atoms with Crippen molar-refractivity contribution in [1.82, 2.24) is 14.8 Å². The molecule has 0 fully saturated rings. The lowest BCUT2D eigenvalue weighted by Gasteiger charge is -2.07. The van der Waals surface area contributed by atoms with Crippen LogP contribution in [-0.2, 0) is 6.54 Å². The molecule has 0 saturated carbocycles. The van der Waals surface area contributed by atoms with Crippen LogP contribution in [-0.4, -0.2) is 19.9 Å². The highest BCUT2D eigenvalue weighted by Crippen LogP contribution is 2.09. The smallest absolute Gasteiger partial charge is 0.248 e. The summed E-state index contributed by atoms with van der Waals surface area (Å²) in [5.41, 5.74) is 3.05. The lowest BCUT2D eigenvalue weighted by molar-refractivity contribution is 0.628. The Morgan fingerprint density at radius 2 is 1.79 bits per heavy atom. The summed E-state index contributed by atoms with van der Waals surface area (Å²) in [6.07, 6.45) is 1.64. The fraction of sp³-hybridized carbons (Fsp3) is 0.118. The molecule has 1 heterocycles. The van der Waals surface area contributed by atoms with Crippen LogP contribution < -0.4 is 10.6 Å². The second-order valence-electron chi connectivity index (χ2n) is 5.34. The first-order chi connectivity index (χ1) is 11.6. The van der Waals surface area contributed by atoms with Gasteiger partial charge in [-0.3, -0.25) is 5.32 Å². The summed E-state index contributed by atoms with van der Waals surface area (Å²) >= 11 is 5.20. The number of hydrogen-bond donors (Lipinski definition) is 2. The molecule has 0 saturated heterocycles. The maximum Gasteiger partial charge on any atom is 0.248 e. The first kappa shape index (κ1) is 16.1. The topological polar surface area (TPSA) is 54.8 Å². The highest BCUT2D eigenvalue weighted by molar-refractivity contribution is 7.80. The summed E-state index contributed by atoms with van der Waals surface area (Å²) < 4.78 is 14.6. The van der Waals surface area contributed by atoms with Gasteiger partial charge in [-0.25, -0.2) is 14.1 Å². The van der Waals surface area contributed by atoms with Crippen molar-refractivity contribution < 1.29 is 4.39 Å². The Hall–Kier alpha value is -2.80. The van der Waals surface area contributed by atoms with E-state index >= 15 is 0 Å². The number of hydrogen-bond acceptors (Lipinski definition) is 3. The van der Waals surface area contributed by atoms with Crippen LogP contribution in [0, 0.1) is 12.7 Å². The highest BCUT2D eigenvalue weighted by atomic mass is 32.1. The second kappa shape index (κ2) is 7.18. The van der Waals surface area contributed by atoms with Gasteiger partial charge in [-0.1, -0.05) is 29.8 Å². The molecule has 0 spiro atoms. The quantitative estimate of drug-likeness (QED) is 0.711. The van der Waals surface area contributed by atoms with Gasteiger partial charge in [-0.05, 0) is 49.0 Å². The number of thiocarbonyl (C=S) groups is 1. The van der Waals surface area contributed by atoms with Crippen molar-refractivity contribution in [2.24, 2.45) is 0 Å². The molecule has 0 bridgehead atoms. The molecule has 0 aliphatic carbocycles. The number of benzene rings is 2. The molecule has 5 nitrogen and oxygen atoms in total. The monoisotopic (exact) mass is 341 g/mol. The molecule has 0 unspecified atom stereocenters. The molecule has 0 atom stereocenters. The van der Waals surface area contributed by atoms with E-state index in [2.05, 4.69) is 51.9 Å². The van der Waals surface area contributed by atoms with Gasteiger partial charge in [-0.2, -0.15) is 0 Å². The molecule has 0 amide bonds. The fourth-order valence-electron chi connectivity index (χ4n) is 2.11. The van der Waals surface area contributed by atoms with Gasteiger partial charge in [-0.15, -0.1) is 5.10 Å². The Balaban J connectivity index is 1.58. The standard InChI is InChI=1S/C17H16FN5S/c1-12-2-4-13(5-3-12)10-23-11-19-16(22-23)21-17(24)20-15-8-6-14(18)7-9-15/h2-9,11H,10H2,1H3,(H2,20,21,22,24). The van der Waals surface area contributed by atoms with Crippen molar-refractivity contribution in [1.29, 1.82) is 0 Å². The Labute approximate surface area is 144 Å². The number of nitrogens with zero attached hydrogens (tertiary/aromatic N) is 3. The van der Waals surface area contributed by atoms with Crippen molar-refractivity contribution in [2.45, 2.75) is 13.5 Å². The van der Waals surface area contributed by atoms with Gasteiger partial charge in [0.2, 0.25) is 5.95 Å². The summed E-state index contributed by atoms with van der Waals surface area (Å²) in [6.45, 7) is 2.68. The number of nitrogens with one attached hydrogen (secondary N) is 2. The van der Waals surface area contributed by atoms with Crippen molar-refractivity contribution in [3.05, 3.63) is 71.8 Å². The summed E-state index contributed by atoms with van der Waals surface area (Å²) in [5, 5.41) is 10.5. The average Bonchev–Trinajstić information content (AvgIpc) is 2.99. The number of aryl methyl sites for hydroxylation is 1. The Morgan fingerprint density at radius 3 is 2.50 bits per heavy atom. The van der Waals surface area contributed by atoms with E-state index in [-0.39, 0.29) is 5.82 Å². The zero-order valence-electron chi connectivity index (χ0n) is 13.0. The van der Waals surface area contributed by atoms with E-state index in [0.29, 0.717) is 23.3 Å². The minimum atomic E-state index is -0.295. The first-order valence-electron chi connectivity index (χ1n) is 7.37. The SMILES string of the molecule is Cc1ccc(Cn2cnc(NC(=S)Nc3ccc(F)cc3)n2)cc1. The number of rotatable bonds is 4. The van der Waals surface area contributed by atoms with Gasteiger partial charge in [0, 0.05) is 5.69 Å². The third-order valence-electron chi connectivity index (χ3n) is 3.33. The minimum absolute atomic E-state index is 0.295. The molecule has 24 heavy (non-hydrogen) atoms. The summed E-state index contributed by atoms with van der Waals surface area (Å²) in [7, 11) is 0. The van der Waals surface area contributed by atoms with E-state index in [4.69, 9.17) is 12.2 Å². The van der Waals surface area contributed by atoms with Gasteiger partial charge in [0.1, 0.15) is 12.1 Å². The maximum atomic E-state index is 12.9. The molecule has 7 heteroatoms. The molecule has 1 aromatic heterocycles. The predicted octanol–water partition coefficient (Wildman–Crippen LogP) is 3.58. The Morgan fingerprint density at radius 1 is 1.08 bits per heavy atom. The number of anilines is 2. The van der Waals surface area contributed by atoms with Gasteiger partial charge in [0.25, 0.3) is 0 Å². The zero-order valence-corrected chi connectivity index (χ0v) is 13.8. The largest absolute Gasteiger partial charge is 0.332 e. The molecule has 122 valence electrons. The highest BCUT2D eigenvalue weighted by Gasteiger charge is 2.05. The number of halogens is 1. The van der Waals surface area contributed by atoms with Crippen LogP contribution in [0.4, 0.5) is 16.0 Å². The second-order valence-corrected chi connectivity index (χ2v) is 5.75. The van der Waals surface area contributed by atoms with E-state index < -0.39 is 0 Å². The molecule has 0 aliphatic heterocycles. The van der Waals surface area contributed by atoms with Crippen LogP contribution in [0.5, 0.6) is 0 Å². The molecular formula is C17H16FN5S. The van der Waals surface area contributed by atoms with Crippen LogP contribution in [0.25, 0.3) is 0 Å². The zero-order chi connectivity index (χ0) is 16.9. The van der Waals surface area contributed by atoms with Crippen LogP contribution >= 0.6 is 12.2 Å².